The summed E-state index contributed by atoms with van der Waals surface area (Å²) < 4.78 is 18.8. The fraction of sp³-hybridized carbons (Fsp3) is 0.320. The molecule has 1 saturated heterocycles. The normalized spacial score (nSPS) is 18.9. The van der Waals surface area contributed by atoms with Crippen LogP contribution in [-0.4, -0.2) is 63.5 Å². The molecule has 7 nitrogen and oxygen atoms in total. The second-order valence-electron chi connectivity index (χ2n) is 8.42. The maximum absolute atomic E-state index is 13.2. The van der Waals surface area contributed by atoms with E-state index in [4.69, 9.17) is 4.74 Å². The predicted molar refractivity (Wildman–Crippen MR) is 122 cm³/mol. The summed E-state index contributed by atoms with van der Waals surface area (Å²) in [5.74, 6) is -1.41. The second-order valence-corrected chi connectivity index (χ2v) is 8.42. The molecule has 1 fully saturated rings. The van der Waals surface area contributed by atoms with Crippen molar-refractivity contribution in [2.75, 3.05) is 19.7 Å². The highest BCUT2D eigenvalue weighted by Crippen LogP contribution is 2.23. The van der Waals surface area contributed by atoms with Gasteiger partial charge in [-0.15, -0.1) is 0 Å². The molecule has 0 radical (unpaired) electrons. The van der Waals surface area contributed by atoms with Crippen LogP contribution < -0.4 is 4.74 Å². The van der Waals surface area contributed by atoms with E-state index < -0.39 is 5.97 Å². The summed E-state index contributed by atoms with van der Waals surface area (Å²) in [4.78, 5) is 32.9. The molecule has 33 heavy (non-hydrogen) atoms. The molecule has 0 unspecified atom stereocenters. The molecule has 3 aromatic rings. The number of rotatable bonds is 6. The lowest BCUT2D eigenvalue weighted by molar-refractivity contribution is -0.139. The van der Waals surface area contributed by atoms with Gasteiger partial charge in [-0.2, -0.15) is 0 Å². The number of hydrogen-bond donors (Lipinski definition) is 1. The van der Waals surface area contributed by atoms with Crippen molar-refractivity contribution in [3.8, 4) is 5.88 Å². The molecule has 0 saturated carbocycles. The average molecular weight is 451 g/mol. The minimum absolute atomic E-state index is 0.0307. The molecule has 2 atom stereocenters. The highest BCUT2D eigenvalue weighted by molar-refractivity contribution is 6.02. The molecule has 1 aliphatic heterocycles. The lowest BCUT2D eigenvalue weighted by Gasteiger charge is -2.44. The highest BCUT2D eigenvalue weighted by Gasteiger charge is 2.32. The maximum Gasteiger partial charge on any atom is 0.336 e. The van der Waals surface area contributed by atoms with E-state index >= 15 is 0 Å². The van der Waals surface area contributed by atoms with Gasteiger partial charge in [0.1, 0.15) is 5.82 Å². The third kappa shape index (κ3) is 5.12. The topological polar surface area (TPSA) is 83.0 Å². The Hall–Kier alpha value is -3.52. The zero-order valence-corrected chi connectivity index (χ0v) is 18.6. The van der Waals surface area contributed by atoms with Crippen LogP contribution in [0.15, 0.2) is 54.6 Å². The van der Waals surface area contributed by atoms with Gasteiger partial charge in [-0.25, -0.2) is 14.2 Å². The third-order valence-corrected chi connectivity index (χ3v) is 6.00. The van der Waals surface area contributed by atoms with Crippen LogP contribution in [0, 0.1) is 5.82 Å². The molecule has 0 aliphatic carbocycles. The average Bonchev–Trinajstić information content (AvgIpc) is 2.80. The molecule has 172 valence electrons. The second kappa shape index (κ2) is 9.54. The number of halogens is 1. The van der Waals surface area contributed by atoms with Gasteiger partial charge in [-0.3, -0.25) is 9.69 Å². The Morgan fingerprint density at radius 3 is 2.55 bits per heavy atom. The van der Waals surface area contributed by atoms with Crippen LogP contribution in [0.3, 0.4) is 0 Å². The number of carboxylic acids is 1. The van der Waals surface area contributed by atoms with Gasteiger partial charge in [0.05, 0.1) is 11.1 Å². The van der Waals surface area contributed by atoms with E-state index in [1.165, 1.54) is 18.2 Å². The SMILES string of the molecule is C[C@@H]1CN(C(=O)COc2cc(C(=O)O)c3ccccc3n2)[C@@H](C)CN1Cc1ccc(F)cc1. The van der Waals surface area contributed by atoms with Crippen molar-refractivity contribution in [2.24, 2.45) is 0 Å². The van der Waals surface area contributed by atoms with Crippen molar-refractivity contribution in [1.29, 1.82) is 0 Å². The summed E-state index contributed by atoms with van der Waals surface area (Å²) in [5.41, 5.74) is 1.60. The minimum atomic E-state index is -1.08. The van der Waals surface area contributed by atoms with Crippen LogP contribution in [0.1, 0.15) is 29.8 Å². The highest BCUT2D eigenvalue weighted by atomic mass is 19.1. The molecule has 1 aromatic heterocycles. The molecule has 4 rings (SSSR count). The molecule has 8 heteroatoms. The van der Waals surface area contributed by atoms with Gasteiger partial charge in [0, 0.05) is 43.2 Å². The standard InChI is InChI=1S/C25H26FN3O4/c1-16-13-29(17(2)12-28(16)14-18-7-9-19(26)10-8-18)24(30)15-33-23-11-21(25(31)32)20-5-3-4-6-22(20)27-23/h3-11,16-17H,12-15H2,1-2H3,(H,31,32)/t16-,17+/m1/s1. The van der Waals surface area contributed by atoms with Crippen molar-refractivity contribution in [3.63, 3.8) is 0 Å². The van der Waals surface area contributed by atoms with Crippen molar-refractivity contribution in [3.05, 3.63) is 71.5 Å². The Morgan fingerprint density at radius 1 is 1.09 bits per heavy atom. The quantitative estimate of drug-likeness (QED) is 0.617. The van der Waals surface area contributed by atoms with Gasteiger partial charge in [0.15, 0.2) is 6.61 Å². The summed E-state index contributed by atoms with van der Waals surface area (Å²) in [6.07, 6.45) is 0. The smallest absolute Gasteiger partial charge is 0.336 e. The molecule has 1 aliphatic rings. The first-order valence-corrected chi connectivity index (χ1v) is 10.9. The number of aromatic nitrogens is 1. The van der Waals surface area contributed by atoms with E-state index in [0.717, 1.165) is 5.56 Å². The van der Waals surface area contributed by atoms with Crippen LogP contribution in [0.4, 0.5) is 4.39 Å². The van der Waals surface area contributed by atoms with E-state index in [-0.39, 0.29) is 41.9 Å². The van der Waals surface area contributed by atoms with Gasteiger partial charge in [-0.1, -0.05) is 30.3 Å². The Labute approximate surface area is 191 Å². The number of carbonyl (C=O) groups excluding carboxylic acids is 1. The Kier molecular flexibility index (Phi) is 6.55. The molecule has 2 aromatic carbocycles. The summed E-state index contributed by atoms with van der Waals surface area (Å²) in [7, 11) is 0. The first-order chi connectivity index (χ1) is 15.8. The molecule has 0 bridgehead atoms. The molecular weight excluding hydrogens is 425 g/mol. The fourth-order valence-corrected chi connectivity index (χ4v) is 4.21. The number of fused-ring (bicyclic) bond motifs is 1. The minimum Gasteiger partial charge on any atom is -0.478 e. The van der Waals surface area contributed by atoms with E-state index in [1.54, 1.807) is 41.3 Å². The number of nitrogens with zero attached hydrogens (tertiary/aromatic N) is 3. The molecule has 1 amide bonds. The fourth-order valence-electron chi connectivity index (χ4n) is 4.21. The number of ether oxygens (including phenoxy) is 1. The number of carbonyl (C=O) groups is 2. The Morgan fingerprint density at radius 2 is 1.82 bits per heavy atom. The van der Waals surface area contributed by atoms with Gasteiger partial charge in [0.2, 0.25) is 5.88 Å². The van der Waals surface area contributed by atoms with Gasteiger partial charge in [-0.05, 0) is 37.6 Å². The summed E-state index contributed by atoms with van der Waals surface area (Å²) in [5, 5.41) is 10.0. The van der Waals surface area contributed by atoms with Gasteiger partial charge in [0.25, 0.3) is 5.91 Å². The number of piperazine rings is 1. The number of benzene rings is 2. The van der Waals surface area contributed by atoms with Crippen LogP contribution in [-0.2, 0) is 11.3 Å². The Bertz CT molecular complexity index is 1170. The molecular formula is C25H26FN3O4. The summed E-state index contributed by atoms with van der Waals surface area (Å²) in [6.45, 7) is 5.72. The maximum atomic E-state index is 13.2. The monoisotopic (exact) mass is 451 g/mol. The Balaban J connectivity index is 1.40. The van der Waals surface area contributed by atoms with Gasteiger partial charge < -0.3 is 14.7 Å². The number of carboxylic acid groups (broad SMARTS) is 1. The van der Waals surface area contributed by atoms with Crippen molar-refractivity contribution >= 4 is 22.8 Å². The number of para-hydroxylation sites is 1. The van der Waals surface area contributed by atoms with Crippen LogP contribution in [0.2, 0.25) is 0 Å². The lowest BCUT2D eigenvalue weighted by Crippen LogP contribution is -2.58. The van der Waals surface area contributed by atoms with Crippen LogP contribution in [0.25, 0.3) is 10.9 Å². The molecule has 0 spiro atoms. The first-order valence-electron chi connectivity index (χ1n) is 10.9. The van der Waals surface area contributed by atoms with E-state index in [9.17, 15) is 19.1 Å². The van der Waals surface area contributed by atoms with Crippen molar-refractivity contribution < 1.29 is 23.8 Å². The summed E-state index contributed by atoms with van der Waals surface area (Å²) >= 11 is 0. The number of pyridine rings is 1. The van der Waals surface area contributed by atoms with E-state index in [2.05, 4.69) is 16.8 Å². The number of hydrogen-bond acceptors (Lipinski definition) is 5. The molecule has 2 heterocycles. The number of amides is 1. The summed E-state index contributed by atoms with van der Waals surface area (Å²) in [6, 6.07) is 14.8. The third-order valence-electron chi connectivity index (χ3n) is 6.00. The first kappa shape index (κ1) is 22.7. The zero-order valence-electron chi connectivity index (χ0n) is 18.6. The van der Waals surface area contributed by atoms with Gasteiger partial charge >= 0.3 is 5.97 Å². The predicted octanol–water partition coefficient (Wildman–Crippen LogP) is 3.57. The van der Waals surface area contributed by atoms with E-state index in [0.29, 0.717) is 30.5 Å². The van der Waals surface area contributed by atoms with Crippen LogP contribution in [0.5, 0.6) is 5.88 Å². The van der Waals surface area contributed by atoms with E-state index in [1.807, 2.05) is 6.92 Å². The number of aromatic carboxylic acids is 1. The van der Waals surface area contributed by atoms with Crippen LogP contribution >= 0.6 is 0 Å². The van der Waals surface area contributed by atoms with Crippen molar-refractivity contribution in [1.82, 2.24) is 14.8 Å². The van der Waals surface area contributed by atoms with Crippen molar-refractivity contribution in [2.45, 2.75) is 32.5 Å². The molecule has 1 N–H and O–H groups in total. The largest absolute Gasteiger partial charge is 0.478 e. The lowest BCUT2D eigenvalue weighted by atomic mass is 10.1. The zero-order chi connectivity index (χ0) is 23.5.